The van der Waals surface area contributed by atoms with Crippen molar-refractivity contribution in [2.75, 3.05) is 23.7 Å². The Morgan fingerprint density at radius 1 is 1.06 bits per heavy atom. The van der Waals surface area contributed by atoms with E-state index < -0.39 is 16.1 Å². The fraction of sp³-hybridized carbons (Fsp3) is 0.481. The molecule has 1 atom stereocenters. The Balaban J connectivity index is 2.21. The van der Waals surface area contributed by atoms with E-state index in [9.17, 15) is 18.0 Å². The molecule has 198 valence electrons. The van der Waals surface area contributed by atoms with Crippen LogP contribution in [0.2, 0.25) is 5.02 Å². The fourth-order valence-corrected chi connectivity index (χ4v) is 5.16. The SMILES string of the molecule is CC[C@@H](C(=O)NCC(C)C)N(Cc1ccccc1)C(=O)CCCN(c1cccc(Cl)c1C)S(C)(=O)=O. The van der Waals surface area contributed by atoms with Crippen LogP contribution in [-0.2, 0) is 26.2 Å². The van der Waals surface area contributed by atoms with Crippen LogP contribution in [0.1, 0.15) is 51.2 Å². The minimum atomic E-state index is -3.59. The lowest BCUT2D eigenvalue weighted by atomic mass is 10.1. The van der Waals surface area contributed by atoms with Gasteiger partial charge in [-0.15, -0.1) is 0 Å². The molecule has 0 saturated carbocycles. The normalized spacial score (nSPS) is 12.3. The highest BCUT2D eigenvalue weighted by Gasteiger charge is 2.29. The van der Waals surface area contributed by atoms with Crippen LogP contribution >= 0.6 is 11.6 Å². The highest BCUT2D eigenvalue weighted by Crippen LogP contribution is 2.28. The summed E-state index contributed by atoms with van der Waals surface area (Å²) >= 11 is 6.22. The molecule has 2 aromatic carbocycles. The molecule has 0 saturated heterocycles. The number of hydrogen-bond acceptors (Lipinski definition) is 4. The number of sulfonamides is 1. The largest absolute Gasteiger partial charge is 0.354 e. The van der Waals surface area contributed by atoms with Crippen molar-refractivity contribution in [2.45, 2.75) is 59.5 Å². The molecule has 7 nitrogen and oxygen atoms in total. The van der Waals surface area contributed by atoms with Gasteiger partial charge in [0.1, 0.15) is 6.04 Å². The summed E-state index contributed by atoms with van der Waals surface area (Å²) in [6, 6.07) is 14.1. The summed E-state index contributed by atoms with van der Waals surface area (Å²) in [6.45, 7) is 8.65. The average Bonchev–Trinajstić information content (AvgIpc) is 2.82. The summed E-state index contributed by atoms with van der Waals surface area (Å²) in [6.07, 6.45) is 2.02. The van der Waals surface area contributed by atoms with Gasteiger partial charge in [0.05, 0.1) is 11.9 Å². The van der Waals surface area contributed by atoms with Gasteiger partial charge in [-0.3, -0.25) is 13.9 Å². The Labute approximate surface area is 220 Å². The van der Waals surface area contributed by atoms with Crippen molar-refractivity contribution in [1.29, 1.82) is 0 Å². The third-order valence-electron chi connectivity index (χ3n) is 5.93. The zero-order valence-corrected chi connectivity index (χ0v) is 23.4. The van der Waals surface area contributed by atoms with E-state index in [-0.39, 0.29) is 24.8 Å². The smallest absolute Gasteiger partial charge is 0.242 e. The molecule has 1 N–H and O–H groups in total. The van der Waals surface area contributed by atoms with Crippen molar-refractivity contribution in [2.24, 2.45) is 5.92 Å². The first-order valence-electron chi connectivity index (χ1n) is 12.3. The van der Waals surface area contributed by atoms with E-state index in [1.54, 1.807) is 30.0 Å². The molecule has 0 fully saturated rings. The molecule has 2 rings (SSSR count). The molecule has 0 spiro atoms. The minimum absolute atomic E-state index is 0.104. The maximum atomic E-state index is 13.4. The maximum absolute atomic E-state index is 13.4. The Kier molecular flexibility index (Phi) is 11.2. The lowest BCUT2D eigenvalue weighted by Crippen LogP contribution is -2.49. The van der Waals surface area contributed by atoms with Crippen molar-refractivity contribution in [3.05, 3.63) is 64.7 Å². The van der Waals surface area contributed by atoms with Gasteiger partial charge in [0.15, 0.2) is 0 Å². The molecule has 2 amide bonds. The van der Waals surface area contributed by atoms with Gasteiger partial charge in [0.2, 0.25) is 21.8 Å². The minimum Gasteiger partial charge on any atom is -0.354 e. The van der Waals surface area contributed by atoms with Gasteiger partial charge in [-0.05, 0) is 48.9 Å². The lowest BCUT2D eigenvalue weighted by Gasteiger charge is -2.31. The summed E-state index contributed by atoms with van der Waals surface area (Å²) in [5.74, 6) is -0.0777. The molecule has 0 bridgehead atoms. The van der Waals surface area contributed by atoms with Crippen LogP contribution in [0, 0.1) is 12.8 Å². The Bertz CT molecular complexity index is 1120. The van der Waals surface area contributed by atoms with Gasteiger partial charge in [-0.2, -0.15) is 0 Å². The van der Waals surface area contributed by atoms with Gasteiger partial charge in [0, 0.05) is 31.1 Å². The molecular weight excluding hydrogens is 498 g/mol. The van der Waals surface area contributed by atoms with Crippen LogP contribution < -0.4 is 9.62 Å². The molecule has 9 heteroatoms. The molecule has 36 heavy (non-hydrogen) atoms. The van der Waals surface area contributed by atoms with Crippen LogP contribution in [0.4, 0.5) is 5.69 Å². The van der Waals surface area contributed by atoms with Crippen LogP contribution in [0.5, 0.6) is 0 Å². The molecule has 0 unspecified atom stereocenters. The Hall–Kier alpha value is -2.58. The van der Waals surface area contributed by atoms with Gasteiger partial charge in [-0.1, -0.05) is 68.8 Å². The average molecular weight is 536 g/mol. The topological polar surface area (TPSA) is 86.8 Å². The summed E-state index contributed by atoms with van der Waals surface area (Å²) in [5.41, 5.74) is 2.08. The van der Waals surface area contributed by atoms with E-state index in [2.05, 4.69) is 5.32 Å². The van der Waals surface area contributed by atoms with E-state index in [0.29, 0.717) is 48.1 Å². The standard InChI is InChI=1S/C27H38ClN3O4S/c1-6-24(27(33)29-18-20(2)3)30(19-22-12-8-7-9-13-22)26(32)16-11-17-31(36(5,34)35)25-15-10-14-23(28)21(25)4/h7-10,12-15,20,24H,6,11,16-19H2,1-5H3,(H,29,33)/t24-/m0/s1. The number of rotatable bonds is 13. The second kappa shape index (κ2) is 13.7. The van der Waals surface area contributed by atoms with E-state index in [0.717, 1.165) is 11.8 Å². The summed E-state index contributed by atoms with van der Waals surface area (Å²) < 4.78 is 26.4. The molecule has 0 radical (unpaired) electrons. The third kappa shape index (κ3) is 8.52. The number of carbonyl (C=O) groups is 2. The Morgan fingerprint density at radius 3 is 2.31 bits per heavy atom. The number of hydrogen-bond donors (Lipinski definition) is 1. The van der Waals surface area contributed by atoms with Crippen LogP contribution in [0.25, 0.3) is 0 Å². The first-order valence-corrected chi connectivity index (χ1v) is 14.5. The summed E-state index contributed by atoms with van der Waals surface area (Å²) in [4.78, 5) is 28.0. The zero-order valence-electron chi connectivity index (χ0n) is 21.8. The van der Waals surface area contributed by atoms with E-state index in [4.69, 9.17) is 11.6 Å². The summed E-state index contributed by atoms with van der Waals surface area (Å²) in [5, 5.41) is 3.42. The monoisotopic (exact) mass is 535 g/mol. The molecule has 2 aromatic rings. The Morgan fingerprint density at radius 2 is 1.72 bits per heavy atom. The number of nitrogens with zero attached hydrogens (tertiary/aromatic N) is 2. The number of anilines is 1. The maximum Gasteiger partial charge on any atom is 0.242 e. The second-order valence-corrected chi connectivity index (χ2v) is 11.7. The predicted octanol–water partition coefficient (Wildman–Crippen LogP) is 4.77. The second-order valence-electron chi connectivity index (χ2n) is 9.39. The van der Waals surface area contributed by atoms with Crippen molar-refractivity contribution >= 4 is 39.1 Å². The molecule has 0 aliphatic rings. The van der Waals surface area contributed by atoms with Gasteiger partial charge in [0.25, 0.3) is 0 Å². The van der Waals surface area contributed by atoms with Crippen molar-refractivity contribution in [3.8, 4) is 0 Å². The van der Waals surface area contributed by atoms with E-state index in [1.165, 1.54) is 4.31 Å². The molecule has 0 aromatic heterocycles. The first-order chi connectivity index (χ1) is 17.0. The van der Waals surface area contributed by atoms with Crippen LogP contribution in [-0.4, -0.2) is 50.5 Å². The zero-order chi connectivity index (χ0) is 26.9. The van der Waals surface area contributed by atoms with E-state index in [1.807, 2.05) is 51.1 Å². The number of carbonyl (C=O) groups excluding carboxylic acids is 2. The highest BCUT2D eigenvalue weighted by molar-refractivity contribution is 7.92. The lowest BCUT2D eigenvalue weighted by molar-refractivity contribution is -0.141. The molecule has 0 heterocycles. The van der Waals surface area contributed by atoms with Crippen LogP contribution in [0.15, 0.2) is 48.5 Å². The fourth-order valence-electron chi connectivity index (χ4n) is 3.97. The quantitative estimate of drug-likeness (QED) is 0.400. The number of halogens is 1. The molecule has 0 aliphatic carbocycles. The predicted molar refractivity (Wildman–Crippen MR) is 147 cm³/mol. The van der Waals surface area contributed by atoms with E-state index >= 15 is 0 Å². The third-order valence-corrected chi connectivity index (χ3v) is 7.52. The van der Waals surface area contributed by atoms with Crippen LogP contribution in [0.3, 0.4) is 0 Å². The first kappa shape index (κ1) is 29.6. The number of benzene rings is 2. The van der Waals surface area contributed by atoms with Gasteiger partial charge < -0.3 is 10.2 Å². The number of amides is 2. The van der Waals surface area contributed by atoms with Crippen molar-refractivity contribution in [3.63, 3.8) is 0 Å². The summed E-state index contributed by atoms with van der Waals surface area (Å²) in [7, 11) is -3.59. The number of nitrogens with one attached hydrogen (secondary N) is 1. The highest BCUT2D eigenvalue weighted by atomic mass is 35.5. The molecule has 0 aliphatic heterocycles. The van der Waals surface area contributed by atoms with Gasteiger partial charge in [-0.25, -0.2) is 8.42 Å². The molecular formula is C27H38ClN3O4S. The van der Waals surface area contributed by atoms with Crippen molar-refractivity contribution < 1.29 is 18.0 Å². The van der Waals surface area contributed by atoms with Crippen molar-refractivity contribution in [1.82, 2.24) is 10.2 Å². The van der Waals surface area contributed by atoms with Gasteiger partial charge >= 0.3 is 0 Å².